The van der Waals surface area contributed by atoms with E-state index in [1.54, 1.807) is 28.6 Å². The van der Waals surface area contributed by atoms with Crippen LogP contribution >= 0.6 is 11.6 Å². The second-order valence-electron chi connectivity index (χ2n) is 5.60. The second kappa shape index (κ2) is 5.64. The van der Waals surface area contributed by atoms with Crippen LogP contribution in [0.25, 0.3) is 0 Å². The van der Waals surface area contributed by atoms with Gasteiger partial charge in [0, 0.05) is 24.2 Å². The largest absolute Gasteiger partial charge is 0.298 e. The lowest BCUT2D eigenvalue weighted by atomic mass is 10.1. The lowest BCUT2D eigenvalue weighted by Gasteiger charge is -2.43. The van der Waals surface area contributed by atoms with Crippen LogP contribution in [0.4, 0.5) is 0 Å². The molecule has 2 heterocycles. The summed E-state index contributed by atoms with van der Waals surface area (Å²) in [6, 6.07) is 7.44. The van der Waals surface area contributed by atoms with Crippen LogP contribution in [0.15, 0.2) is 24.3 Å². The number of likely N-dealkylation sites (tertiary alicyclic amines) is 1. The molecule has 1 aromatic carbocycles. The maximum Gasteiger partial charge on any atom is 0.218 e. The number of benzene rings is 1. The van der Waals surface area contributed by atoms with Gasteiger partial charge >= 0.3 is 0 Å². The van der Waals surface area contributed by atoms with Crippen molar-refractivity contribution >= 4 is 21.6 Å². The molecule has 0 spiro atoms. The molecule has 2 aliphatic rings. The minimum atomic E-state index is -3.19. The molecule has 1 aromatic rings. The van der Waals surface area contributed by atoms with Gasteiger partial charge in [0.1, 0.15) is 0 Å². The molecular formula is C14H19ClN2O2S. The molecule has 2 saturated heterocycles. The van der Waals surface area contributed by atoms with E-state index in [4.69, 9.17) is 11.6 Å². The Hall–Kier alpha value is -0.620. The van der Waals surface area contributed by atoms with Gasteiger partial charge in [-0.2, -0.15) is 4.31 Å². The average Bonchev–Trinajstić information content (AvgIpc) is 2.83. The van der Waals surface area contributed by atoms with Gasteiger partial charge in [0.05, 0.1) is 5.75 Å². The van der Waals surface area contributed by atoms with Crippen LogP contribution in [0, 0.1) is 0 Å². The summed E-state index contributed by atoms with van der Waals surface area (Å²) in [5, 5.41) is 0.629. The zero-order valence-corrected chi connectivity index (χ0v) is 12.9. The summed E-state index contributed by atoms with van der Waals surface area (Å²) >= 11 is 5.81. The van der Waals surface area contributed by atoms with Crippen molar-refractivity contribution in [3.8, 4) is 0 Å². The van der Waals surface area contributed by atoms with E-state index in [1.807, 2.05) is 0 Å². The Kier molecular flexibility index (Phi) is 4.04. The predicted octanol–water partition coefficient (Wildman–Crippen LogP) is 1.95. The van der Waals surface area contributed by atoms with Gasteiger partial charge in [-0.15, -0.1) is 0 Å². The molecular weight excluding hydrogens is 296 g/mol. The summed E-state index contributed by atoms with van der Waals surface area (Å²) in [5.41, 5.74) is 0.791. The van der Waals surface area contributed by atoms with Crippen LogP contribution in [0.1, 0.15) is 18.4 Å². The third kappa shape index (κ3) is 3.01. The quantitative estimate of drug-likeness (QED) is 0.853. The number of hydrogen-bond acceptors (Lipinski definition) is 3. The highest BCUT2D eigenvalue weighted by molar-refractivity contribution is 7.88. The minimum absolute atomic E-state index is 0.0664. The summed E-state index contributed by atoms with van der Waals surface area (Å²) in [6.07, 6.45) is 2.49. The first kappa shape index (κ1) is 14.3. The van der Waals surface area contributed by atoms with E-state index in [1.165, 1.54) is 12.8 Å². The van der Waals surface area contributed by atoms with E-state index in [0.717, 1.165) is 18.7 Å². The number of rotatable bonds is 4. The molecule has 0 aromatic heterocycles. The Morgan fingerprint density at radius 3 is 2.30 bits per heavy atom. The van der Waals surface area contributed by atoms with Crippen molar-refractivity contribution in [2.24, 2.45) is 0 Å². The van der Waals surface area contributed by atoms with Gasteiger partial charge in [-0.25, -0.2) is 8.42 Å². The highest BCUT2D eigenvalue weighted by atomic mass is 35.5. The van der Waals surface area contributed by atoms with Crippen molar-refractivity contribution in [3.63, 3.8) is 0 Å². The van der Waals surface area contributed by atoms with E-state index in [-0.39, 0.29) is 5.75 Å². The van der Waals surface area contributed by atoms with E-state index in [2.05, 4.69) is 4.90 Å². The van der Waals surface area contributed by atoms with Crippen LogP contribution < -0.4 is 0 Å². The fourth-order valence-corrected chi connectivity index (χ4v) is 4.58. The van der Waals surface area contributed by atoms with Crippen molar-refractivity contribution in [2.45, 2.75) is 24.6 Å². The van der Waals surface area contributed by atoms with Gasteiger partial charge in [0.15, 0.2) is 0 Å². The Morgan fingerprint density at radius 2 is 1.70 bits per heavy atom. The fourth-order valence-electron chi connectivity index (χ4n) is 2.86. The summed E-state index contributed by atoms with van der Waals surface area (Å²) in [6.45, 7) is 3.54. The third-order valence-electron chi connectivity index (χ3n) is 4.14. The Labute approximate surface area is 125 Å². The van der Waals surface area contributed by atoms with Crippen molar-refractivity contribution < 1.29 is 8.42 Å². The molecule has 4 nitrogen and oxygen atoms in total. The first-order valence-corrected chi connectivity index (χ1v) is 9.00. The topological polar surface area (TPSA) is 40.6 Å². The Balaban J connectivity index is 1.58. The molecule has 0 aliphatic carbocycles. The summed E-state index contributed by atoms with van der Waals surface area (Å²) in [4.78, 5) is 2.41. The third-order valence-corrected chi connectivity index (χ3v) is 6.18. The lowest BCUT2D eigenvalue weighted by Crippen LogP contribution is -2.60. The molecule has 0 radical (unpaired) electrons. The smallest absolute Gasteiger partial charge is 0.218 e. The molecule has 3 rings (SSSR count). The fraction of sp³-hybridized carbons (Fsp3) is 0.571. The summed E-state index contributed by atoms with van der Waals surface area (Å²) in [5.74, 6) is 0.0664. The number of nitrogens with zero attached hydrogens (tertiary/aromatic N) is 2. The molecule has 20 heavy (non-hydrogen) atoms. The van der Waals surface area contributed by atoms with Crippen LogP contribution in [0.2, 0.25) is 5.02 Å². The second-order valence-corrected chi connectivity index (χ2v) is 8.00. The van der Waals surface area contributed by atoms with Gasteiger partial charge in [-0.1, -0.05) is 23.7 Å². The van der Waals surface area contributed by atoms with Crippen molar-refractivity contribution in [2.75, 3.05) is 26.2 Å². The first-order chi connectivity index (χ1) is 9.54. The standard InChI is InChI=1S/C14H19ClN2O2S/c15-13-5-3-12(4-6-13)11-20(18,19)17-9-14(10-17)16-7-1-2-8-16/h3-6,14H,1-2,7-11H2. The van der Waals surface area contributed by atoms with Crippen molar-refractivity contribution in [3.05, 3.63) is 34.9 Å². The molecule has 110 valence electrons. The van der Waals surface area contributed by atoms with Gasteiger partial charge in [-0.3, -0.25) is 4.90 Å². The number of hydrogen-bond donors (Lipinski definition) is 0. The van der Waals surface area contributed by atoms with Crippen LogP contribution in [-0.2, 0) is 15.8 Å². The zero-order valence-electron chi connectivity index (χ0n) is 11.3. The minimum Gasteiger partial charge on any atom is -0.298 e. The van der Waals surface area contributed by atoms with Crippen LogP contribution in [-0.4, -0.2) is 49.8 Å². The zero-order chi connectivity index (χ0) is 14.2. The van der Waals surface area contributed by atoms with E-state index >= 15 is 0 Å². The van der Waals surface area contributed by atoms with Crippen LogP contribution in [0.3, 0.4) is 0 Å². The number of sulfonamides is 1. The van der Waals surface area contributed by atoms with E-state index in [0.29, 0.717) is 24.2 Å². The Morgan fingerprint density at radius 1 is 1.10 bits per heavy atom. The van der Waals surface area contributed by atoms with Gasteiger partial charge in [0.25, 0.3) is 0 Å². The normalized spacial score (nSPS) is 22.1. The SMILES string of the molecule is O=S(=O)(Cc1ccc(Cl)cc1)N1CC(N2CCCC2)C1. The monoisotopic (exact) mass is 314 g/mol. The highest BCUT2D eigenvalue weighted by Crippen LogP contribution is 2.24. The maximum atomic E-state index is 12.3. The number of halogens is 1. The first-order valence-electron chi connectivity index (χ1n) is 7.01. The molecule has 0 atom stereocenters. The van der Waals surface area contributed by atoms with Crippen molar-refractivity contribution in [1.29, 1.82) is 0 Å². The molecule has 0 N–H and O–H groups in total. The van der Waals surface area contributed by atoms with Gasteiger partial charge in [0.2, 0.25) is 10.0 Å². The molecule has 2 fully saturated rings. The maximum absolute atomic E-state index is 12.3. The Bertz CT molecular complexity index is 561. The van der Waals surface area contributed by atoms with Gasteiger partial charge < -0.3 is 0 Å². The molecule has 6 heteroatoms. The molecule has 0 amide bonds. The van der Waals surface area contributed by atoms with Crippen LogP contribution in [0.5, 0.6) is 0 Å². The summed E-state index contributed by atoms with van der Waals surface area (Å²) < 4.78 is 26.2. The molecule has 0 unspecified atom stereocenters. The van der Waals surface area contributed by atoms with Crippen molar-refractivity contribution in [1.82, 2.24) is 9.21 Å². The molecule has 0 saturated carbocycles. The van der Waals surface area contributed by atoms with E-state index in [9.17, 15) is 8.42 Å². The van der Waals surface area contributed by atoms with Gasteiger partial charge in [-0.05, 0) is 43.6 Å². The summed E-state index contributed by atoms with van der Waals surface area (Å²) in [7, 11) is -3.19. The predicted molar refractivity (Wildman–Crippen MR) is 80.2 cm³/mol. The highest BCUT2D eigenvalue weighted by Gasteiger charge is 2.39. The average molecular weight is 315 g/mol. The molecule has 0 bridgehead atoms. The lowest BCUT2D eigenvalue weighted by molar-refractivity contribution is 0.110. The molecule has 2 aliphatic heterocycles. The van der Waals surface area contributed by atoms with E-state index < -0.39 is 10.0 Å².